The van der Waals surface area contributed by atoms with Crippen molar-refractivity contribution in [1.29, 1.82) is 0 Å². The number of aliphatic imine (C=N–C) groups is 1. The molecule has 1 aromatic carbocycles. The fraction of sp³-hybridized carbons (Fsp3) is 0.154. The second-order valence-electron chi connectivity index (χ2n) is 3.81. The van der Waals surface area contributed by atoms with Crippen molar-refractivity contribution in [3.63, 3.8) is 0 Å². The predicted octanol–water partition coefficient (Wildman–Crippen LogP) is 3.74. The summed E-state index contributed by atoms with van der Waals surface area (Å²) in [5, 5.41) is 10.4. The summed E-state index contributed by atoms with van der Waals surface area (Å²) in [5.74, 6) is 0.526. The van der Waals surface area contributed by atoms with Crippen LogP contribution in [0.3, 0.4) is 0 Å². The Kier molecular flexibility index (Phi) is 4.39. The minimum atomic E-state index is 0.308. The smallest absolute Gasteiger partial charge is 0.149 e. The van der Waals surface area contributed by atoms with Crippen LogP contribution in [0.25, 0.3) is 0 Å². The summed E-state index contributed by atoms with van der Waals surface area (Å²) in [4.78, 5) is 5.27. The Morgan fingerprint density at radius 2 is 2.16 bits per heavy atom. The van der Waals surface area contributed by atoms with Crippen LogP contribution in [0, 0.1) is 0 Å². The van der Waals surface area contributed by atoms with Gasteiger partial charge in [-0.2, -0.15) is 5.10 Å². The lowest BCUT2D eigenvalue weighted by atomic mass is 10.3. The van der Waals surface area contributed by atoms with Gasteiger partial charge in [-0.3, -0.25) is 0 Å². The van der Waals surface area contributed by atoms with E-state index in [9.17, 15) is 0 Å². The van der Waals surface area contributed by atoms with Crippen LogP contribution in [0.5, 0.6) is 0 Å². The van der Waals surface area contributed by atoms with Gasteiger partial charge in [0.1, 0.15) is 11.0 Å². The minimum absolute atomic E-state index is 0.308. The van der Waals surface area contributed by atoms with Crippen molar-refractivity contribution < 1.29 is 0 Å². The van der Waals surface area contributed by atoms with E-state index < -0.39 is 0 Å². The quantitative estimate of drug-likeness (QED) is 0.779. The van der Waals surface area contributed by atoms with E-state index in [1.165, 1.54) is 5.12 Å². The summed E-state index contributed by atoms with van der Waals surface area (Å²) in [6.45, 7) is 5.56. The van der Waals surface area contributed by atoms with E-state index in [2.05, 4.69) is 21.8 Å². The zero-order valence-electron chi connectivity index (χ0n) is 10.7. The van der Waals surface area contributed by atoms with E-state index in [1.807, 2.05) is 30.5 Å². The fourth-order valence-electron chi connectivity index (χ4n) is 1.44. The zero-order valence-corrected chi connectivity index (χ0v) is 12.2. The molecule has 0 atom stereocenters. The summed E-state index contributed by atoms with van der Waals surface area (Å²) >= 11 is 7.60. The minimum Gasteiger partial charge on any atom is -0.219 e. The number of benzene rings is 1. The lowest BCUT2D eigenvalue weighted by Gasteiger charge is -2.15. The van der Waals surface area contributed by atoms with Crippen LogP contribution in [0.1, 0.15) is 6.92 Å². The highest BCUT2D eigenvalue weighted by Crippen LogP contribution is 2.23. The first-order valence-electron chi connectivity index (χ1n) is 5.57. The maximum atomic E-state index is 5.94. The largest absolute Gasteiger partial charge is 0.219 e. The number of halogens is 1. The molecule has 0 saturated heterocycles. The Labute approximate surface area is 121 Å². The molecule has 0 spiro atoms. The van der Waals surface area contributed by atoms with Crippen molar-refractivity contribution >= 4 is 46.3 Å². The summed E-state index contributed by atoms with van der Waals surface area (Å²) in [5.41, 5.74) is 1.42. The van der Waals surface area contributed by atoms with Gasteiger partial charge in [0.15, 0.2) is 0 Å². The molecule has 0 radical (unpaired) electrons. The van der Waals surface area contributed by atoms with Crippen molar-refractivity contribution in [1.82, 2.24) is 0 Å². The standard InChI is InChI=1S/C13H13ClN4S/c1-9-8-15-18(17-10(2)16-13(9)14)11-5-4-6-12(7-11)19-3/h4-8H,1H2,2-3H3/b15-8-,16-13?,17-10-. The van der Waals surface area contributed by atoms with E-state index in [-0.39, 0.29) is 0 Å². The van der Waals surface area contributed by atoms with Gasteiger partial charge in [-0.1, -0.05) is 24.2 Å². The Morgan fingerprint density at radius 1 is 1.37 bits per heavy atom. The van der Waals surface area contributed by atoms with Crippen LogP contribution >= 0.6 is 23.4 Å². The third-order valence-corrected chi connectivity index (χ3v) is 3.42. The number of thioether (sulfide) groups is 1. The summed E-state index contributed by atoms with van der Waals surface area (Å²) in [6.07, 6.45) is 3.57. The molecule has 19 heavy (non-hydrogen) atoms. The molecule has 0 bridgehead atoms. The molecule has 2 rings (SSSR count). The molecule has 0 unspecified atom stereocenters. The molecule has 0 saturated carbocycles. The first kappa shape index (κ1) is 13.8. The van der Waals surface area contributed by atoms with Gasteiger partial charge in [-0.05, 0) is 31.4 Å². The first-order chi connectivity index (χ1) is 9.10. The summed E-state index contributed by atoms with van der Waals surface area (Å²) in [7, 11) is 0. The molecule has 4 nitrogen and oxygen atoms in total. The van der Waals surface area contributed by atoms with Crippen LogP contribution in [0.2, 0.25) is 0 Å². The zero-order chi connectivity index (χ0) is 13.8. The number of allylic oxidation sites excluding steroid dienone is 1. The summed E-state index contributed by atoms with van der Waals surface area (Å²) < 4.78 is 0. The van der Waals surface area contributed by atoms with Crippen LogP contribution < -0.4 is 5.12 Å². The fourth-order valence-corrected chi connectivity index (χ4v) is 2.06. The number of hydrogen-bond acceptors (Lipinski definition) is 5. The van der Waals surface area contributed by atoms with Gasteiger partial charge in [-0.15, -0.1) is 22.0 Å². The third kappa shape index (κ3) is 3.45. The van der Waals surface area contributed by atoms with Crippen LogP contribution in [-0.2, 0) is 0 Å². The van der Waals surface area contributed by atoms with Gasteiger partial charge in [0.2, 0.25) is 0 Å². The molecule has 0 amide bonds. The molecule has 0 aliphatic carbocycles. The van der Waals surface area contributed by atoms with Crippen molar-refractivity contribution in [2.45, 2.75) is 11.8 Å². The molecule has 0 aromatic heterocycles. The lowest BCUT2D eigenvalue weighted by molar-refractivity contribution is 0.923. The Hall–Kier alpha value is -1.59. The molecule has 1 heterocycles. The predicted molar refractivity (Wildman–Crippen MR) is 84.7 cm³/mol. The Balaban J connectivity index is 2.41. The van der Waals surface area contributed by atoms with Crippen LogP contribution in [-0.4, -0.2) is 23.5 Å². The second kappa shape index (κ2) is 6.04. The first-order valence-corrected chi connectivity index (χ1v) is 7.17. The van der Waals surface area contributed by atoms with Crippen molar-refractivity contribution in [3.05, 3.63) is 36.4 Å². The molecule has 0 fully saturated rings. The van der Waals surface area contributed by atoms with Gasteiger partial charge in [0.05, 0.1) is 11.9 Å². The molecular formula is C13H13ClN4S. The normalized spacial score (nSPS) is 20.2. The van der Waals surface area contributed by atoms with Crippen molar-refractivity contribution in [2.75, 3.05) is 11.4 Å². The van der Waals surface area contributed by atoms with Crippen LogP contribution in [0.15, 0.2) is 56.5 Å². The Morgan fingerprint density at radius 3 is 2.89 bits per heavy atom. The van der Waals surface area contributed by atoms with Gasteiger partial charge in [0.25, 0.3) is 0 Å². The van der Waals surface area contributed by atoms with E-state index in [0.717, 1.165) is 10.6 Å². The number of anilines is 1. The van der Waals surface area contributed by atoms with E-state index in [1.54, 1.807) is 24.9 Å². The van der Waals surface area contributed by atoms with Gasteiger partial charge < -0.3 is 0 Å². The average molecular weight is 293 g/mol. The number of nitrogens with zero attached hydrogens (tertiary/aromatic N) is 4. The van der Waals surface area contributed by atoms with Gasteiger partial charge in [0, 0.05) is 10.5 Å². The molecular weight excluding hydrogens is 280 g/mol. The van der Waals surface area contributed by atoms with Gasteiger partial charge in [-0.25, -0.2) is 4.99 Å². The maximum Gasteiger partial charge on any atom is 0.149 e. The van der Waals surface area contributed by atoms with E-state index in [4.69, 9.17) is 11.6 Å². The van der Waals surface area contributed by atoms with E-state index >= 15 is 0 Å². The lowest BCUT2D eigenvalue weighted by Crippen LogP contribution is -2.14. The maximum absolute atomic E-state index is 5.94. The molecule has 1 aliphatic rings. The topological polar surface area (TPSA) is 40.3 Å². The number of rotatable bonds is 2. The van der Waals surface area contributed by atoms with E-state index in [0.29, 0.717) is 16.6 Å². The highest BCUT2D eigenvalue weighted by Gasteiger charge is 2.09. The van der Waals surface area contributed by atoms with Gasteiger partial charge >= 0.3 is 0 Å². The monoisotopic (exact) mass is 292 g/mol. The second-order valence-corrected chi connectivity index (χ2v) is 5.05. The molecule has 1 aromatic rings. The summed E-state index contributed by atoms with van der Waals surface area (Å²) in [6, 6.07) is 7.94. The van der Waals surface area contributed by atoms with Crippen molar-refractivity contribution in [2.24, 2.45) is 15.2 Å². The SMILES string of the molecule is C=C1/C=N\N(c2cccc(SC)c2)/N=C(/C)N=C1Cl. The van der Waals surface area contributed by atoms with Crippen molar-refractivity contribution in [3.8, 4) is 0 Å². The number of amidine groups is 1. The molecule has 6 heteroatoms. The molecule has 1 aliphatic heterocycles. The highest BCUT2D eigenvalue weighted by atomic mass is 35.5. The molecule has 98 valence electrons. The number of hydrazone groups is 2. The van der Waals surface area contributed by atoms with Crippen LogP contribution in [0.4, 0.5) is 5.69 Å². The average Bonchev–Trinajstić information content (AvgIpc) is 2.41. The highest BCUT2D eigenvalue weighted by molar-refractivity contribution is 7.98. The molecule has 0 N–H and O–H groups in total. The third-order valence-electron chi connectivity index (χ3n) is 2.37. The number of hydrogen-bond donors (Lipinski definition) is 0. The Bertz CT molecular complexity index is 592.